The molecule has 178 valence electrons. The third kappa shape index (κ3) is 6.30. The lowest BCUT2D eigenvalue weighted by molar-refractivity contribution is -0.384. The topological polar surface area (TPSA) is 113 Å². The number of nitrogens with one attached hydrogen (secondary N) is 1. The highest BCUT2D eigenvalue weighted by Gasteiger charge is 2.16. The van der Waals surface area contributed by atoms with Crippen molar-refractivity contribution in [3.05, 3.63) is 106 Å². The van der Waals surface area contributed by atoms with Crippen LogP contribution >= 0.6 is 11.6 Å². The Morgan fingerprint density at radius 1 is 0.943 bits per heavy atom. The van der Waals surface area contributed by atoms with Gasteiger partial charge in [0, 0.05) is 17.2 Å². The van der Waals surface area contributed by atoms with Gasteiger partial charge in [0.1, 0.15) is 35.4 Å². The summed E-state index contributed by atoms with van der Waals surface area (Å²) >= 11 is 5.85. The molecule has 0 spiro atoms. The van der Waals surface area contributed by atoms with E-state index in [0.29, 0.717) is 28.0 Å². The molecule has 0 unspecified atom stereocenters. The van der Waals surface area contributed by atoms with Crippen LogP contribution in [0.15, 0.2) is 83.3 Å². The van der Waals surface area contributed by atoms with Crippen LogP contribution in [-0.2, 0) is 6.61 Å². The first-order chi connectivity index (χ1) is 16.9. The molecule has 9 nitrogen and oxygen atoms in total. The largest absolute Gasteiger partial charge is 0.497 e. The van der Waals surface area contributed by atoms with Crippen molar-refractivity contribution < 1.29 is 28.3 Å². The average Bonchev–Trinajstić information content (AvgIpc) is 3.33. The van der Waals surface area contributed by atoms with Gasteiger partial charge in [0.05, 0.1) is 23.8 Å². The molecule has 1 N–H and O–H groups in total. The van der Waals surface area contributed by atoms with Gasteiger partial charge in [0.25, 0.3) is 11.6 Å². The first kappa shape index (κ1) is 23.7. The first-order valence-corrected chi connectivity index (χ1v) is 10.7. The molecule has 3 aromatic carbocycles. The Morgan fingerprint density at radius 2 is 1.63 bits per heavy atom. The third-order valence-electron chi connectivity index (χ3n) is 4.74. The van der Waals surface area contributed by atoms with Crippen LogP contribution in [0.3, 0.4) is 0 Å². The van der Waals surface area contributed by atoms with Crippen LogP contribution in [0, 0.1) is 10.1 Å². The number of furan rings is 1. The van der Waals surface area contributed by atoms with Crippen LogP contribution in [0.4, 0.5) is 11.4 Å². The van der Waals surface area contributed by atoms with Crippen molar-refractivity contribution >= 4 is 28.9 Å². The molecule has 10 heteroatoms. The lowest BCUT2D eigenvalue weighted by atomic mass is 10.2. The summed E-state index contributed by atoms with van der Waals surface area (Å²) in [5, 5.41) is 14.6. The number of rotatable bonds is 9. The number of non-ortho nitro benzene ring substituents is 1. The van der Waals surface area contributed by atoms with Gasteiger partial charge in [-0.1, -0.05) is 11.6 Å². The second-order valence-corrected chi connectivity index (χ2v) is 7.65. The number of ether oxygens (including phenoxy) is 3. The highest BCUT2D eigenvalue weighted by molar-refractivity contribution is 6.30. The van der Waals surface area contributed by atoms with Crippen molar-refractivity contribution in [3.8, 4) is 23.0 Å². The summed E-state index contributed by atoms with van der Waals surface area (Å²) < 4.78 is 22.0. The Bertz CT molecular complexity index is 1330. The number of amides is 1. The fraction of sp³-hybridized carbons (Fsp3) is 0.0800. The Morgan fingerprint density at radius 3 is 2.31 bits per heavy atom. The summed E-state index contributed by atoms with van der Waals surface area (Å²) in [5.41, 5.74) is -0.0779. The molecule has 4 aromatic rings. The van der Waals surface area contributed by atoms with E-state index in [1.807, 2.05) is 0 Å². The van der Waals surface area contributed by atoms with Crippen LogP contribution < -0.4 is 19.5 Å². The molecule has 0 aliphatic heterocycles. The number of nitro benzene ring substituents is 1. The summed E-state index contributed by atoms with van der Waals surface area (Å²) in [6, 6.07) is 20.6. The fourth-order valence-corrected chi connectivity index (χ4v) is 3.18. The number of nitrogens with zero attached hydrogens (tertiary/aromatic N) is 1. The van der Waals surface area contributed by atoms with Gasteiger partial charge in [0.2, 0.25) is 0 Å². The smallest absolute Gasteiger partial charge is 0.291 e. The summed E-state index contributed by atoms with van der Waals surface area (Å²) in [5.74, 6) is 1.71. The van der Waals surface area contributed by atoms with E-state index in [4.69, 9.17) is 30.2 Å². The molecule has 0 saturated heterocycles. The van der Waals surface area contributed by atoms with Crippen molar-refractivity contribution in [2.45, 2.75) is 6.61 Å². The number of methoxy groups -OCH3 is 1. The normalized spacial score (nSPS) is 10.5. The molecule has 1 amide bonds. The quantitative estimate of drug-likeness (QED) is 0.209. The molecular formula is C25H19ClN2O7. The van der Waals surface area contributed by atoms with E-state index < -0.39 is 10.8 Å². The van der Waals surface area contributed by atoms with Crippen LogP contribution in [0.5, 0.6) is 23.0 Å². The molecule has 0 aliphatic rings. The van der Waals surface area contributed by atoms with Gasteiger partial charge in [-0.15, -0.1) is 0 Å². The summed E-state index contributed by atoms with van der Waals surface area (Å²) in [6.07, 6.45) is 0. The molecule has 0 atom stereocenters. The maximum atomic E-state index is 12.7. The molecular weight excluding hydrogens is 476 g/mol. The van der Waals surface area contributed by atoms with Crippen LogP contribution in [-0.4, -0.2) is 17.9 Å². The van der Waals surface area contributed by atoms with Crippen molar-refractivity contribution in [2.24, 2.45) is 0 Å². The van der Waals surface area contributed by atoms with Gasteiger partial charge < -0.3 is 23.9 Å². The molecule has 0 fully saturated rings. The maximum absolute atomic E-state index is 12.7. The molecule has 0 radical (unpaired) electrons. The zero-order valence-electron chi connectivity index (χ0n) is 18.4. The zero-order chi connectivity index (χ0) is 24.8. The molecule has 4 rings (SSSR count). The predicted octanol–water partition coefficient (Wildman–Crippen LogP) is 6.47. The predicted molar refractivity (Wildman–Crippen MR) is 129 cm³/mol. The van der Waals surface area contributed by atoms with Gasteiger partial charge in [0.15, 0.2) is 5.76 Å². The molecule has 1 heterocycles. The number of anilines is 1. The van der Waals surface area contributed by atoms with Gasteiger partial charge in [-0.25, -0.2) is 0 Å². The number of carbonyl (C=O) groups excluding carboxylic acids is 1. The van der Waals surface area contributed by atoms with Crippen LogP contribution in [0.1, 0.15) is 16.3 Å². The summed E-state index contributed by atoms with van der Waals surface area (Å²) in [7, 11) is 1.54. The minimum atomic E-state index is -0.585. The number of halogens is 1. The van der Waals surface area contributed by atoms with E-state index in [1.165, 1.54) is 24.3 Å². The van der Waals surface area contributed by atoms with E-state index in [0.717, 1.165) is 0 Å². The first-order valence-electron chi connectivity index (χ1n) is 10.3. The molecule has 35 heavy (non-hydrogen) atoms. The highest BCUT2D eigenvalue weighted by atomic mass is 35.5. The van der Waals surface area contributed by atoms with Crippen molar-refractivity contribution in [2.75, 3.05) is 12.4 Å². The lowest BCUT2D eigenvalue weighted by Crippen LogP contribution is -2.11. The van der Waals surface area contributed by atoms with Crippen molar-refractivity contribution in [1.82, 2.24) is 0 Å². The second kappa shape index (κ2) is 10.6. The minimum absolute atomic E-state index is 0.0174. The Balaban J connectivity index is 1.45. The number of hydrogen-bond acceptors (Lipinski definition) is 7. The monoisotopic (exact) mass is 494 g/mol. The second-order valence-electron chi connectivity index (χ2n) is 7.21. The number of hydrogen-bond donors (Lipinski definition) is 1. The fourth-order valence-electron chi connectivity index (χ4n) is 3.06. The summed E-state index contributed by atoms with van der Waals surface area (Å²) in [4.78, 5) is 23.5. The van der Waals surface area contributed by atoms with E-state index in [1.54, 1.807) is 61.7 Å². The number of carbonyl (C=O) groups is 1. The molecule has 0 aliphatic carbocycles. The highest BCUT2D eigenvalue weighted by Crippen LogP contribution is 2.31. The van der Waals surface area contributed by atoms with Gasteiger partial charge >= 0.3 is 0 Å². The molecule has 0 bridgehead atoms. The van der Waals surface area contributed by atoms with Gasteiger partial charge in [-0.2, -0.15) is 0 Å². The van der Waals surface area contributed by atoms with E-state index >= 15 is 0 Å². The summed E-state index contributed by atoms with van der Waals surface area (Å²) in [6.45, 7) is 0.103. The van der Waals surface area contributed by atoms with Crippen molar-refractivity contribution in [3.63, 3.8) is 0 Å². The third-order valence-corrected chi connectivity index (χ3v) is 4.99. The maximum Gasteiger partial charge on any atom is 0.291 e. The zero-order valence-corrected chi connectivity index (χ0v) is 19.2. The standard InChI is InChI=1S/C25H19ClN2O7/c1-32-19-6-8-21(9-7-19)34-23-13-17(12-18(14-23)28(30)31)27-25(29)24-11-10-22(35-24)15-33-20-4-2-16(26)3-5-20/h2-14H,15H2,1H3,(H,27,29). The average molecular weight is 495 g/mol. The van der Waals surface area contributed by atoms with E-state index in [2.05, 4.69) is 5.32 Å². The molecule has 1 aromatic heterocycles. The van der Waals surface area contributed by atoms with Gasteiger partial charge in [-0.05, 0) is 60.7 Å². The Labute approximate surface area is 205 Å². The number of benzene rings is 3. The van der Waals surface area contributed by atoms with E-state index in [-0.39, 0.29) is 29.5 Å². The van der Waals surface area contributed by atoms with Crippen molar-refractivity contribution in [1.29, 1.82) is 0 Å². The Hall–Kier alpha value is -4.50. The van der Waals surface area contributed by atoms with E-state index in [9.17, 15) is 14.9 Å². The number of nitro groups is 1. The minimum Gasteiger partial charge on any atom is -0.497 e. The van der Waals surface area contributed by atoms with Gasteiger partial charge in [-0.3, -0.25) is 14.9 Å². The van der Waals surface area contributed by atoms with Crippen LogP contribution in [0.2, 0.25) is 5.02 Å². The van der Waals surface area contributed by atoms with Crippen LogP contribution in [0.25, 0.3) is 0 Å². The lowest BCUT2D eigenvalue weighted by Gasteiger charge is -2.09. The Kier molecular flexibility index (Phi) is 7.18. The SMILES string of the molecule is COc1ccc(Oc2cc(NC(=O)c3ccc(COc4ccc(Cl)cc4)o3)cc([N+](=O)[O-])c2)cc1. The molecule has 0 saturated carbocycles.